The van der Waals surface area contributed by atoms with Gasteiger partial charge in [-0.15, -0.1) is 0 Å². The number of aliphatic hydroxyl groups excluding tert-OH is 4. The van der Waals surface area contributed by atoms with E-state index in [1.165, 1.54) is 0 Å². The van der Waals surface area contributed by atoms with Crippen LogP contribution in [0.2, 0.25) is 0 Å². The van der Waals surface area contributed by atoms with Crippen LogP contribution in [0.4, 0.5) is 0 Å². The SMILES string of the molecule is Cc1c2cc(C(C)(C)C)cc1C(O)C(O)c1cc(C(C)(C)C)cc(c1C)Cc1cc(C(C)(C)C)cc(c1C)C(O)C(O)c1cc(C(C)(C)C)cc(c1C)C2. The summed E-state index contributed by atoms with van der Waals surface area (Å²) < 4.78 is 0. The minimum atomic E-state index is -1.15. The highest BCUT2D eigenvalue weighted by Gasteiger charge is 2.32. The lowest BCUT2D eigenvalue weighted by Gasteiger charge is -2.31. The molecule has 4 atom stereocenters. The average molecular weight is 733 g/mol. The molecular weight excluding hydrogens is 665 g/mol. The Morgan fingerprint density at radius 1 is 0.333 bits per heavy atom. The van der Waals surface area contributed by atoms with Crippen molar-refractivity contribution in [1.29, 1.82) is 0 Å². The van der Waals surface area contributed by atoms with Crippen molar-refractivity contribution in [1.82, 2.24) is 0 Å². The van der Waals surface area contributed by atoms with Gasteiger partial charge in [0.25, 0.3) is 0 Å². The van der Waals surface area contributed by atoms with Gasteiger partial charge < -0.3 is 20.4 Å². The van der Waals surface area contributed by atoms with E-state index in [4.69, 9.17) is 0 Å². The van der Waals surface area contributed by atoms with Crippen LogP contribution in [0, 0.1) is 27.7 Å². The molecule has 0 radical (unpaired) electrons. The summed E-state index contributed by atoms with van der Waals surface area (Å²) in [4.78, 5) is 0. The summed E-state index contributed by atoms with van der Waals surface area (Å²) in [5.74, 6) is 0. The van der Waals surface area contributed by atoms with Crippen molar-refractivity contribution in [2.24, 2.45) is 0 Å². The standard InChI is InChI=1S/C50H68O4/c1-27-31-17-32-20-36(48(8,9)10)25-41(28(32)2)45(53)46(54)42-26-38(50(14,15)16)22-34(30(42)4)18-33-21-37(49(11,12)13)24-40(29(33)3)44(52)43(51)39(27)23-35(19-31)47(5,6)7/h19-26,43-46,51-54H,17-18H2,1-16H3. The van der Waals surface area contributed by atoms with Gasteiger partial charge >= 0.3 is 0 Å². The molecule has 4 N–H and O–H groups in total. The topological polar surface area (TPSA) is 80.9 Å². The third-order valence-electron chi connectivity index (χ3n) is 12.3. The van der Waals surface area contributed by atoms with Crippen LogP contribution in [0.5, 0.6) is 0 Å². The zero-order valence-corrected chi connectivity index (χ0v) is 36.1. The van der Waals surface area contributed by atoms with E-state index in [-0.39, 0.29) is 21.7 Å². The maximum atomic E-state index is 12.3. The van der Waals surface area contributed by atoms with Gasteiger partial charge in [-0.2, -0.15) is 0 Å². The lowest BCUT2D eigenvalue weighted by molar-refractivity contribution is 0.0161. The van der Waals surface area contributed by atoms with E-state index in [2.05, 4.69) is 159 Å². The van der Waals surface area contributed by atoms with E-state index >= 15 is 0 Å². The van der Waals surface area contributed by atoms with Crippen LogP contribution in [0.15, 0.2) is 48.5 Å². The first-order valence-electron chi connectivity index (χ1n) is 19.9. The number of aliphatic hydroxyl groups is 4. The zero-order valence-electron chi connectivity index (χ0n) is 36.1. The molecule has 4 unspecified atom stereocenters. The maximum absolute atomic E-state index is 12.3. The van der Waals surface area contributed by atoms with Gasteiger partial charge in [-0.3, -0.25) is 0 Å². The number of rotatable bonds is 0. The van der Waals surface area contributed by atoms with Crippen LogP contribution in [-0.4, -0.2) is 20.4 Å². The fourth-order valence-corrected chi connectivity index (χ4v) is 7.98. The molecule has 0 fully saturated rings. The van der Waals surface area contributed by atoms with Gasteiger partial charge in [0.2, 0.25) is 0 Å². The Hall–Kier alpha value is -3.28. The van der Waals surface area contributed by atoms with Crippen LogP contribution < -0.4 is 0 Å². The van der Waals surface area contributed by atoms with E-state index in [9.17, 15) is 20.4 Å². The summed E-state index contributed by atoms with van der Waals surface area (Å²) in [6.07, 6.45) is -3.47. The van der Waals surface area contributed by atoms with E-state index in [1.807, 2.05) is 0 Å². The first kappa shape index (κ1) is 41.9. The Morgan fingerprint density at radius 2 is 0.500 bits per heavy atom. The minimum Gasteiger partial charge on any atom is -0.385 e. The summed E-state index contributed by atoms with van der Waals surface area (Å²) in [6.45, 7) is 34.4. The second kappa shape index (κ2) is 14.3. The summed E-state index contributed by atoms with van der Waals surface area (Å²) in [5.41, 5.74) is 14.5. The Kier molecular flexibility index (Phi) is 11.1. The monoisotopic (exact) mass is 733 g/mol. The summed E-state index contributed by atoms with van der Waals surface area (Å²) in [7, 11) is 0. The van der Waals surface area contributed by atoms with Crippen molar-refractivity contribution >= 4 is 0 Å². The summed E-state index contributed by atoms with van der Waals surface area (Å²) >= 11 is 0. The normalized spacial score (nSPS) is 20.1. The molecule has 54 heavy (non-hydrogen) atoms. The predicted molar refractivity (Wildman–Crippen MR) is 225 cm³/mol. The Labute approximate surface area is 326 Å². The molecular formula is C50H68O4. The minimum absolute atomic E-state index is 0.210. The summed E-state index contributed by atoms with van der Waals surface area (Å²) in [5, 5.41) is 49.3. The second-order valence-corrected chi connectivity index (χ2v) is 20.5. The fraction of sp³-hybridized carbons (Fsp3) is 0.520. The average Bonchev–Trinajstić information content (AvgIpc) is 3.04. The molecule has 0 aromatic heterocycles. The highest BCUT2D eigenvalue weighted by atomic mass is 16.3. The van der Waals surface area contributed by atoms with Crippen LogP contribution in [0.25, 0.3) is 0 Å². The Morgan fingerprint density at radius 3 is 0.648 bits per heavy atom. The molecule has 0 aliphatic heterocycles. The number of hydrogen-bond donors (Lipinski definition) is 4. The van der Waals surface area contributed by atoms with Crippen molar-refractivity contribution in [2.75, 3.05) is 0 Å². The molecule has 5 rings (SSSR count). The van der Waals surface area contributed by atoms with Crippen LogP contribution in [0.1, 0.15) is 197 Å². The second-order valence-electron chi connectivity index (χ2n) is 20.5. The van der Waals surface area contributed by atoms with Crippen molar-refractivity contribution in [2.45, 2.75) is 170 Å². The van der Waals surface area contributed by atoms with Crippen molar-refractivity contribution in [3.8, 4) is 0 Å². The molecule has 4 aromatic carbocycles. The number of hydrogen-bond acceptors (Lipinski definition) is 4. The molecule has 292 valence electrons. The van der Waals surface area contributed by atoms with Gasteiger partial charge in [0, 0.05) is 0 Å². The third-order valence-corrected chi connectivity index (χ3v) is 12.3. The van der Waals surface area contributed by atoms with E-state index in [1.54, 1.807) is 0 Å². The van der Waals surface area contributed by atoms with Crippen molar-refractivity contribution < 1.29 is 20.4 Å². The number of fused-ring (bicyclic) bond motifs is 8. The molecule has 8 bridgehead atoms. The van der Waals surface area contributed by atoms with Gasteiger partial charge in [0.15, 0.2) is 0 Å². The Bertz CT molecular complexity index is 1760. The third kappa shape index (κ3) is 8.14. The van der Waals surface area contributed by atoms with Crippen molar-refractivity contribution in [3.05, 3.63) is 138 Å². The van der Waals surface area contributed by atoms with E-state index in [0.717, 1.165) is 89.0 Å². The van der Waals surface area contributed by atoms with Gasteiger partial charge in [0.1, 0.15) is 24.4 Å². The highest BCUT2D eigenvalue weighted by Crippen LogP contribution is 2.43. The predicted octanol–water partition coefficient (Wildman–Crippen LogP) is 11.1. The maximum Gasteiger partial charge on any atom is 0.109 e. The van der Waals surface area contributed by atoms with E-state index in [0.29, 0.717) is 12.8 Å². The molecule has 4 heteroatoms. The number of benzene rings is 4. The zero-order chi connectivity index (χ0) is 40.6. The molecule has 0 heterocycles. The van der Waals surface area contributed by atoms with E-state index < -0.39 is 24.4 Å². The van der Waals surface area contributed by atoms with Crippen LogP contribution >= 0.6 is 0 Å². The highest BCUT2D eigenvalue weighted by molar-refractivity contribution is 5.53. The van der Waals surface area contributed by atoms with Crippen molar-refractivity contribution in [3.63, 3.8) is 0 Å². The lowest BCUT2D eigenvalue weighted by atomic mass is 9.76. The first-order valence-corrected chi connectivity index (χ1v) is 19.9. The molecule has 1 aliphatic rings. The fourth-order valence-electron chi connectivity index (χ4n) is 7.98. The molecule has 0 amide bonds. The molecule has 4 aromatic rings. The Balaban J connectivity index is 1.92. The molecule has 4 nitrogen and oxygen atoms in total. The quantitative estimate of drug-likeness (QED) is 0.145. The molecule has 0 spiro atoms. The largest absolute Gasteiger partial charge is 0.385 e. The first-order chi connectivity index (χ1) is 24.6. The smallest absolute Gasteiger partial charge is 0.109 e. The van der Waals surface area contributed by atoms with Gasteiger partial charge in [-0.05, 0) is 151 Å². The van der Waals surface area contributed by atoms with Gasteiger partial charge in [-0.1, -0.05) is 132 Å². The van der Waals surface area contributed by atoms with Crippen LogP contribution in [0.3, 0.4) is 0 Å². The summed E-state index contributed by atoms with van der Waals surface area (Å²) in [6, 6.07) is 17.3. The van der Waals surface area contributed by atoms with Gasteiger partial charge in [-0.25, -0.2) is 0 Å². The lowest BCUT2D eigenvalue weighted by Crippen LogP contribution is -2.21. The molecule has 0 saturated heterocycles. The molecule has 0 saturated carbocycles. The van der Waals surface area contributed by atoms with Crippen LogP contribution in [-0.2, 0) is 34.5 Å². The molecule has 1 aliphatic carbocycles. The van der Waals surface area contributed by atoms with Gasteiger partial charge in [0.05, 0.1) is 0 Å².